The summed E-state index contributed by atoms with van der Waals surface area (Å²) in [7, 11) is -4.34. The fraction of sp³-hybridized carbons (Fsp3) is 0. The summed E-state index contributed by atoms with van der Waals surface area (Å²) in [5.41, 5.74) is 0. The van der Waals surface area contributed by atoms with E-state index in [1.165, 1.54) is 6.20 Å². The van der Waals surface area contributed by atoms with Crippen LogP contribution < -0.4 is 29.6 Å². The number of hydrogen-bond donors (Lipinski definition) is 1. The van der Waals surface area contributed by atoms with Crippen molar-refractivity contribution in [2.45, 2.75) is 5.03 Å². The molecule has 62 valence electrons. The summed E-state index contributed by atoms with van der Waals surface area (Å²) in [4.78, 5) is 6.73. The molecular weight excluding hydrogens is 215 g/mol. The Morgan fingerprint density at radius 3 is 2.25 bits per heavy atom. The molecule has 1 rings (SSSR count). The van der Waals surface area contributed by atoms with Gasteiger partial charge in [-0.2, -0.15) is 8.42 Å². The molecule has 0 aliphatic heterocycles. The van der Waals surface area contributed by atoms with Crippen molar-refractivity contribution in [2.24, 2.45) is 0 Å². The molecule has 5 nitrogen and oxygen atoms in total. The fourth-order valence-corrected chi connectivity index (χ4v) is 1.34. The minimum absolute atomic E-state index is 0. The van der Waals surface area contributed by atoms with Crippen molar-refractivity contribution in [2.75, 3.05) is 0 Å². The molecule has 0 saturated heterocycles. The smallest absolute Gasteiger partial charge is 1.00 e. The van der Waals surface area contributed by atoms with E-state index in [4.69, 9.17) is 16.2 Å². The van der Waals surface area contributed by atoms with Crippen LogP contribution in [0.1, 0.15) is 1.43 Å². The van der Waals surface area contributed by atoms with Gasteiger partial charge in [0, 0.05) is 12.4 Å². The maximum absolute atomic E-state index is 10.4. The van der Waals surface area contributed by atoms with Crippen molar-refractivity contribution in [3.63, 3.8) is 0 Å². The van der Waals surface area contributed by atoms with Crippen LogP contribution in [0.15, 0.2) is 17.4 Å². The normalized spacial score (nSPS) is 10.5. The van der Waals surface area contributed by atoms with E-state index in [1.807, 2.05) is 0 Å². The Hall–Kier alpha value is 0.280. The van der Waals surface area contributed by atoms with Gasteiger partial charge in [0.25, 0.3) is 0 Å². The minimum atomic E-state index is -4.34. The monoisotopic (exact) mass is 218 g/mol. The molecule has 1 aromatic rings. The summed E-state index contributed by atoms with van der Waals surface area (Å²) < 4.78 is 29.3. The third-order valence-corrected chi connectivity index (χ3v) is 2.04. The molecule has 0 aromatic carbocycles. The molecule has 0 bridgehead atoms. The zero-order valence-electron chi connectivity index (χ0n) is 7.10. The molecular formula is C4H4ClN2NaO3S. The second-order valence-corrected chi connectivity index (χ2v) is 3.32. The Kier molecular flexibility index (Phi) is 4.60. The molecule has 0 saturated carbocycles. The quantitative estimate of drug-likeness (QED) is 0.416. The Bertz CT molecular complexity index is 373. The van der Waals surface area contributed by atoms with Crippen molar-refractivity contribution < 1.29 is 44.0 Å². The Morgan fingerprint density at radius 2 is 1.92 bits per heavy atom. The first-order valence-electron chi connectivity index (χ1n) is 2.46. The van der Waals surface area contributed by atoms with Crippen molar-refractivity contribution in [1.29, 1.82) is 0 Å². The van der Waals surface area contributed by atoms with E-state index in [2.05, 4.69) is 9.97 Å². The van der Waals surface area contributed by atoms with Crippen LogP contribution >= 0.6 is 11.6 Å². The van der Waals surface area contributed by atoms with Crippen LogP contribution in [0.2, 0.25) is 5.15 Å². The van der Waals surface area contributed by atoms with Crippen LogP contribution in [-0.4, -0.2) is 22.9 Å². The van der Waals surface area contributed by atoms with E-state index in [9.17, 15) is 8.42 Å². The molecule has 0 spiro atoms. The largest absolute Gasteiger partial charge is 1.00 e. The van der Waals surface area contributed by atoms with E-state index in [1.54, 1.807) is 0 Å². The van der Waals surface area contributed by atoms with Gasteiger partial charge in [0.15, 0.2) is 5.15 Å². The molecule has 0 atom stereocenters. The van der Waals surface area contributed by atoms with Gasteiger partial charge in [-0.3, -0.25) is 4.55 Å². The maximum Gasteiger partial charge on any atom is 1.00 e. The van der Waals surface area contributed by atoms with Crippen LogP contribution in [0.25, 0.3) is 0 Å². The number of aromatic nitrogens is 2. The van der Waals surface area contributed by atoms with Crippen LogP contribution in [0, 0.1) is 0 Å². The summed E-state index contributed by atoms with van der Waals surface area (Å²) in [5.74, 6) is 0. The molecule has 1 heterocycles. The summed E-state index contributed by atoms with van der Waals surface area (Å²) >= 11 is 5.30. The van der Waals surface area contributed by atoms with Crippen LogP contribution in [-0.2, 0) is 10.1 Å². The third kappa shape index (κ3) is 2.96. The van der Waals surface area contributed by atoms with Crippen LogP contribution in [0.3, 0.4) is 0 Å². The third-order valence-electron chi connectivity index (χ3n) is 0.867. The molecule has 0 unspecified atom stereocenters. The van der Waals surface area contributed by atoms with E-state index in [0.717, 1.165) is 6.20 Å². The van der Waals surface area contributed by atoms with Gasteiger partial charge in [0.2, 0.25) is 5.03 Å². The van der Waals surface area contributed by atoms with Gasteiger partial charge in [-0.05, 0) is 0 Å². The standard InChI is InChI=1S/C4H3ClN2O3S.Na.H/c5-3-4(11(8,9)10)7-2-1-6-3;;/h1-2H,(H,8,9,10);;/q;+1;-1. The number of nitrogens with zero attached hydrogens (tertiary/aromatic N) is 2. The molecule has 0 aliphatic rings. The van der Waals surface area contributed by atoms with E-state index >= 15 is 0 Å². The predicted molar refractivity (Wildman–Crippen MR) is 38.0 cm³/mol. The van der Waals surface area contributed by atoms with Crippen molar-refractivity contribution >= 4 is 21.7 Å². The Labute approximate surface area is 97.7 Å². The molecule has 0 aliphatic carbocycles. The molecule has 1 N–H and O–H groups in total. The topological polar surface area (TPSA) is 80.2 Å². The Morgan fingerprint density at radius 1 is 1.42 bits per heavy atom. The average Bonchev–Trinajstić information content (AvgIpc) is 1.86. The van der Waals surface area contributed by atoms with Gasteiger partial charge in [-0.15, -0.1) is 0 Å². The number of hydrogen-bond acceptors (Lipinski definition) is 4. The van der Waals surface area contributed by atoms with Gasteiger partial charge >= 0.3 is 39.7 Å². The predicted octanol–water partition coefficient (Wildman–Crippen LogP) is -2.51. The van der Waals surface area contributed by atoms with Gasteiger partial charge in [0.1, 0.15) is 0 Å². The van der Waals surface area contributed by atoms with Gasteiger partial charge < -0.3 is 1.43 Å². The SMILES string of the molecule is O=S(=O)(O)c1nccnc1Cl.[H-].[Na+]. The van der Waals surface area contributed by atoms with Crippen LogP contribution in [0.4, 0.5) is 0 Å². The van der Waals surface area contributed by atoms with Crippen LogP contribution in [0.5, 0.6) is 0 Å². The molecule has 12 heavy (non-hydrogen) atoms. The second-order valence-electron chi connectivity index (χ2n) is 1.63. The zero-order valence-corrected chi connectivity index (χ0v) is 9.67. The molecule has 0 amide bonds. The first kappa shape index (κ1) is 12.3. The first-order chi connectivity index (χ1) is 5.02. The second kappa shape index (κ2) is 4.50. The minimum Gasteiger partial charge on any atom is -1.00 e. The average molecular weight is 219 g/mol. The van der Waals surface area contributed by atoms with Crippen molar-refractivity contribution in [1.82, 2.24) is 9.97 Å². The zero-order chi connectivity index (χ0) is 8.48. The maximum atomic E-state index is 10.4. The van der Waals surface area contributed by atoms with Gasteiger partial charge in [0.05, 0.1) is 0 Å². The van der Waals surface area contributed by atoms with E-state index < -0.39 is 15.1 Å². The fourth-order valence-electron chi connectivity index (χ4n) is 0.481. The summed E-state index contributed by atoms with van der Waals surface area (Å²) in [6.07, 6.45) is 2.34. The van der Waals surface area contributed by atoms with E-state index in [0.29, 0.717) is 0 Å². The summed E-state index contributed by atoms with van der Waals surface area (Å²) in [5, 5.41) is -0.961. The van der Waals surface area contributed by atoms with Gasteiger partial charge in [-0.25, -0.2) is 9.97 Å². The molecule has 1 aromatic heterocycles. The molecule has 8 heteroatoms. The number of halogens is 1. The first-order valence-corrected chi connectivity index (χ1v) is 4.27. The summed E-state index contributed by atoms with van der Waals surface area (Å²) in [6.45, 7) is 0. The summed E-state index contributed by atoms with van der Waals surface area (Å²) in [6, 6.07) is 0. The Balaban J connectivity index is 0. The molecule has 0 radical (unpaired) electrons. The number of rotatable bonds is 1. The van der Waals surface area contributed by atoms with Crippen molar-refractivity contribution in [3.8, 4) is 0 Å². The van der Waals surface area contributed by atoms with Gasteiger partial charge in [-0.1, -0.05) is 11.6 Å². The molecule has 0 fully saturated rings. The van der Waals surface area contributed by atoms with Crippen molar-refractivity contribution in [3.05, 3.63) is 17.5 Å². The van der Waals surface area contributed by atoms with E-state index in [-0.39, 0.29) is 36.1 Å².